The van der Waals surface area contributed by atoms with Crippen molar-refractivity contribution in [2.45, 2.75) is 26.5 Å². The summed E-state index contributed by atoms with van der Waals surface area (Å²) in [6.07, 6.45) is -0.0444. The van der Waals surface area contributed by atoms with Crippen molar-refractivity contribution in [3.05, 3.63) is 59.1 Å². The number of nitrogens with one attached hydrogen (secondary N) is 2. The molecule has 0 aliphatic heterocycles. The van der Waals surface area contributed by atoms with Gasteiger partial charge in [-0.3, -0.25) is 9.59 Å². The highest BCUT2D eigenvalue weighted by atomic mass is 35.5. The van der Waals surface area contributed by atoms with Crippen molar-refractivity contribution in [2.75, 3.05) is 5.32 Å². The van der Waals surface area contributed by atoms with Gasteiger partial charge in [0.2, 0.25) is 0 Å². The lowest BCUT2D eigenvalue weighted by atomic mass is 10.2. The predicted molar refractivity (Wildman–Crippen MR) is 94.1 cm³/mol. The number of hydrogen-bond acceptors (Lipinski definition) is 3. The number of carbonyl (C=O) groups is 2. The van der Waals surface area contributed by atoms with Gasteiger partial charge in [-0.2, -0.15) is 0 Å². The van der Waals surface area contributed by atoms with E-state index in [9.17, 15) is 9.59 Å². The van der Waals surface area contributed by atoms with E-state index < -0.39 is 11.8 Å². The van der Waals surface area contributed by atoms with Crippen LogP contribution in [0.2, 0.25) is 5.02 Å². The first-order chi connectivity index (χ1) is 11.5. The summed E-state index contributed by atoms with van der Waals surface area (Å²) in [5.74, 6) is -0.990. The molecule has 2 N–H and O–H groups in total. The van der Waals surface area contributed by atoms with Crippen LogP contribution in [0.15, 0.2) is 48.5 Å². The van der Waals surface area contributed by atoms with Gasteiger partial charge >= 0.3 is 11.8 Å². The van der Waals surface area contributed by atoms with E-state index in [1.165, 1.54) is 0 Å². The van der Waals surface area contributed by atoms with Gasteiger partial charge in [0.15, 0.2) is 0 Å². The minimum atomic E-state index is -0.762. The molecule has 0 aliphatic carbocycles. The normalized spacial score (nSPS) is 10.3. The topological polar surface area (TPSA) is 67.4 Å². The van der Waals surface area contributed by atoms with E-state index >= 15 is 0 Å². The number of ether oxygens (including phenoxy) is 1. The summed E-state index contributed by atoms with van der Waals surface area (Å²) in [6, 6.07) is 14.1. The number of para-hydroxylation sites is 2. The average Bonchev–Trinajstić information content (AvgIpc) is 2.55. The Bertz CT molecular complexity index is 732. The summed E-state index contributed by atoms with van der Waals surface area (Å²) in [5.41, 5.74) is 1.19. The van der Waals surface area contributed by atoms with Crippen molar-refractivity contribution in [3.8, 4) is 5.75 Å². The molecule has 0 radical (unpaired) electrons. The second kappa shape index (κ2) is 8.36. The highest BCUT2D eigenvalue weighted by Gasteiger charge is 2.16. The number of carbonyl (C=O) groups excluding carboxylic acids is 2. The molecule has 0 aliphatic rings. The Morgan fingerprint density at radius 2 is 1.71 bits per heavy atom. The number of amides is 2. The lowest BCUT2D eigenvalue weighted by Crippen LogP contribution is -2.35. The maximum Gasteiger partial charge on any atom is 0.313 e. The molecule has 2 aromatic rings. The van der Waals surface area contributed by atoms with Crippen molar-refractivity contribution >= 4 is 29.1 Å². The zero-order valence-electron chi connectivity index (χ0n) is 13.5. The molecular formula is C18H19ClN2O3. The Labute approximate surface area is 146 Å². The molecule has 2 rings (SSSR count). The number of hydrogen-bond donors (Lipinski definition) is 2. The minimum absolute atomic E-state index is 0.0444. The molecule has 0 aromatic heterocycles. The Kier molecular flexibility index (Phi) is 6.21. The van der Waals surface area contributed by atoms with Gasteiger partial charge in [-0.05, 0) is 37.6 Å². The summed E-state index contributed by atoms with van der Waals surface area (Å²) >= 11 is 6.02. The molecule has 0 saturated carbocycles. The van der Waals surface area contributed by atoms with Crippen molar-refractivity contribution in [1.82, 2.24) is 5.32 Å². The van der Waals surface area contributed by atoms with Gasteiger partial charge in [0.25, 0.3) is 0 Å². The number of anilines is 1. The number of benzene rings is 2. The predicted octanol–water partition coefficient (Wildman–Crippen LogP) is 3.38. The van der Waals surface area contributed by atoms with Crippen LogP contribution in [-0.2, 0) is 16.1 Å². The summed E-state index contributed by atoms with van der Waals surface area (Å²) < 4.78 is 5.61. The van der Waals surface area contributed by atoms with Gasteiger partial charge in [-0.15, -0.1) is 0 Å². The molecule has 24 heavy (non-hydrogen) atoms. The highest BCUT2D eigenvalue weighted by Crippen LogP contribution is 2.24. The zero-order chi connectivity index (χ0) is 17.5. The largest absolute Gasteiger partial charge is 0.489 e. The van der Waals surface area contributed by atoms with Crippen LogP contribution in [0, 0.1) is 0 Å². The quantitative estimate of drug-likeness (QED) is 0.815. The monoisotopic (exact) mass is 346 g/mol. The molecule has 0 bridgehead atoms. The van der Waals surface area contributed by atoms with Crippen LogP contribution in [0.25, 0.3) is 0 Å². The summed E-state index contributed by atoms with van der Waals surface area (Å²) in [7, 11) is 0. The third kappa shape index (κ3) is 4.99. The van der Waals surface area contributed by atoms with Crippen LogP contribution in [0.5, 0.6) is 5.75 Å². The fourth-order valence-corrected chi connectivity index (χ4v) is 2.21. The van der Waals surface area contributed by atoms with Gasteiger partial charge < -0.3 is 15.4 Å². The Hall–Kier alpha value is -2.53. The Morgan fingerprint density at radius 1 is 1.04 bits per heavy atom. The molecule has 6 heteroatoms. The van der Waals surface area contributed by atoms with E-state index in [-0.39, 0.29) is 12.6 Å². The van der Waals surface area contributed by atoms with Crippen LogP contribution in [0.4, 0.5) is 5.69 Å². The molecule has 2 amide bonds. The van der Waals surface area contributed by atoms with E-state index in [0.717, 1.165) is 5.56 Å². The molecule has 0 spiro atoms. The molecule has 0 atom stereocenters. The smallest absolute Gasteiger partial charge is 0.313 e. The highest BCUT2D eigenvalue weighted by molar-refractivity contribution is 6.39. The van der Waals surface area contributed by atoms with Crippen molar-refractivity contribution in [3.63, 3.8) is 0 Å². The molecule has 0 heterocycles. The summed E-state index contributed by atoms with van der Waals surface area (Å²) in [6.45, 7) is 3.94. The first kappa shape index (κ1) is 17.8. The van der Waals surface area contributed by atoms with Crippen LogP contribution >= 0.6 is 11.6 Å². The lowest BCUT2D eigenvalue weighted by Gasteiger charge is -2.14. The fourth-order valence-electron chi connectivity index (χ4n) is 2.00. The lowest BCUT2D eigenvalue weighted by molar-refractivity contribution is -0.136. The van der Waals surface area contributed by atoms with Crippen molar-refractivity contribution in [1.29, 1.82) is 0 Å². The maximum absolute atomic E-state index is 12.0. The van der Waals surface area contributed by atoms with Gasteiger partial charge in [0, 0.05) is 11.6 Å². The maximum atomic E-state index is 12.0. The number of halogens is 1. The van der Waals surface area contributed by atoms with E-state index in [1.807, 2.05) is 19.9 Å². The second-order valence-electron chi connectivity index (χ2n) is 5.39. The van der Waals surface area contributed by atoms with E-state index in [2.05, 4.69) is 10.6 Å². The summed E-state index contributed by atoms with van der Waals surface area (Å²) in [4.78, 5) is 24.0. The average molecular weight is 347 g/mol. The molecule has 126 valence electrons. The first-order valence-electron chi connectivity index (χ1n) is 7.55. The van der Waals surface area contributed by atoms with E-state index in [1.54, 1.807) is 42.5 Å². The third-order valence-electron chi connectivity index (χ3n) is 3.10. The van der Waals surface area contributed by atoms with E-state index in [0.29, 0.717) is 16.5 Å². The molecule has 0 saturated heterocycles. The SMILES string of the molecule is CC(C)Oc1ccccc1NC(=O)C(=O)NCc1ccccc1Cl. The van der Waals surface area contributed by atoms with Gasteiger partial charge in [0.1, 0.15) is 5.75 Å². The van der Waals surface area contributed by atoms with Crippen LogP contribution in [0.3, 0.4) is 0 Å². The van der Waals surface area contributed by atoms with Gasteiger partial charge in [-0.25, -0.2) is 0 Å². The minimum Gasteiger partial charge on any atom is -0.489 e. The standard InChI is InChI=1S/C18H19ClN2O3/c1-12(2)24-16-10-6-5-9-15(16)21-18(23)17(22)20-11-13-7-3-4-8-14(13)19/h3-10,12H,11H2,1-2H3,(H,20,22)(H,21,23). The molecule has 5 nitrogen and oxygen atoms in total. The van der Waals surface area contributed by atoms with E-state index in [4.69, 9.17) is 16.3 Å². The molecule has 2 aromatic carbocycles. The van der Waals surface area contributed by atoms with Gasteiger partial charge in [-0.1, -0.05) is 41.9 Å². The van der Waals surface area contributed by atoms with Gasteiger partial charge in [0.05, 0.1) is 11.8 Å². The summed E-state index contributed by atoms with van der Waals surface area (Å²) in [5, 5.41) is 5.64. The molecular weight excluding hydrogens is 328 g/mol. The van der Waals surface area contributed by atoms with Crippen LogP contribution < -0.4 is 15.4 Å². The molecule has 0 unspecified atom stereocenters. The Morgan fingerprint density at radius 3 is 2.42 bits per heavy atom. The second-order valence-corrected chi connectivity index (χ2v) is 5.80. The Balaban J connectivity index is 1.97. The zero-order valence-corrected chi connectivity index (χ0v) is 14.3. The third-order valence-corrected chi connectivity index (χ3v) is 3.47. The van der Waals surface area contributed by atoms with Crippen molar-refractivity contribution < 1.29 is 14.3 Å². The number of rotatable bonds is 5. The van der Waals surface area contributed by atoms with Crippen molar-refractivity contribution in [2.24, 2.45) is 0 Å². The molecule has 0 fully saturated rings. The van der Waals surface area contributed by atoms with Crippen LogP contribution in [-0.4, -0.2) is 17.9 Å². The fraction of sp³-hybridized carbons (Fsp3) is 0.222. The van der Waals surface area contributed by atoms with Crippen LogP contribution in [0.1, 0.15) is 19.4 Å². The first-order valence-corrected chi connectivity index (χ1v) is 7.93.